The van der Waals surface area contributed by atoms with Gasteiger partial charge in [-0.1, -0.05) is 32.4 Å². The Morgan fingerprint density at radius 2 is 1.91 bits per heavy atom. The second-order valence-electron chi connectivity index (χ2n) is 12.3. The molecule has 0 amide bonds. The number of carbonyl (C=O) groups is 1. The Bertz CT molecular complexity index is 811. The minimum absolute atomic E-state index is 0.0407. The zero-order valence-electron chi connectivity index (χ0n) is 20.3. The van der Waals surface area contributed by atoms with Gasteiger partial charge in [0.2, 0.25) is 0 Å². The molecule has 3 fully saturated rings. The maximum Gasteiger partial charge on any atom is 0.376 e. The lowest BCUT2D eigenvalue weighted by Crippen LogP contribution is -2.68. The molecule has 4 aliphatic rings. The third kappa shape index (κ3) is 3.38. The van der Waals surface area contributed by atoms with Crippen molar-refractivity contribution >= 4 is 5.97 Å². The maximum absolute atomic E-state index is 14.4. The average Bonchev–Trinajstić information content (AvgIpc) is 3.05. The molecule has 1 unspecified atom stereocenters. The van der Waals surface area contributed by atoms with Crippen LogP contribution in [0.2, 0.25) is 0 Å². The van der Waals surface area contributed by atoms with Crippen LogP contribution in [0.1, 0.15) is 85.5 Å². The summed E-state index contributed by atoms with van der Waals surface area (Å²) in [6, 6.07) is 0. The van der Waals surface area contributed by atoms with Gasteiger partial charge in [-0.25, -0.2) is 4.79 Å². The Morgan fingerprint density at radius 1 is 1.22 bits per heavy atom. The van der Waals surface area contributed by atoms with Crippen molar-refractivity contribution in [3.63, 3.8) is 0 Å². The number of aliphatic hydroxyl groups is 1. The molecule has 0 heterocycles. The quantitative estimate of drug-likeness (QED) is 0.451. The summed E-state index contributed by atoms with van der Waals surface area (Å²) in [6.07, 6.45) is 8.89. The van der Waals surface area contributed by atoms with Gasteiger partial charge < -0.3 is 15.6 Å². The van der Waals surface area contributed by atoms with Crippen LogP contribution in [0.15, 0.2) is 11.6 Å². The van der Waals surface area contributed by atoms with E-state index in [0.717, 1.165) is 52.1 Å². The molecule has 8 atom stereocenters. The van der Waals surface area contributed by atoms with Crippen LogP contribution in [0, 0.1) is 34.5 Å². The first-order valence-electron chi connectivity index (χ1n) is 12.4. The number of ether oxygens (including phenoxy) is 1. The minimum atomic E-state index is -3.44. The first kappa shape index (κ1) is 24.1. The standard InChI is InChI=1S/C26H41F2NO3/c1-16(14-26(27,28)21(30)32-5)18-8-9-19-20-7-6-17-15-22(2,31)10-12-24(17,4)25(20,29)13-11-23(18,19)3/h6,16,18-20,31H,7-15,29H2,1-5H3/t16-,18-,19+,20?,22+,23-,24+,25-/m1/s1. The van der Waals surface area contributed by atoms with Crippen LogP contribution >= 0.6 is 0 Å². The molecule has 4 aliphatic carbocycles. The predicted molar refractivity (Wildman–Crippen MR) is 120 cm³/mol. The van der Waals surface area contributed by atoms with Crippen LogP contribution in [0.5, 0.6) is 0 Å². The van der Waals surface area contributed by atoms with E-state index in [2.05, 4.69) is 24.7 Å². The summed E-state index contributed by atoms with van der Waals surface area (Å²) >= 11 is 0. The molecule has 0 radical (unpaired) electrons. The molecule has 0 spiro atoms. The van der Waals surface area contributed by atoms with E-state index in [1.54, 1.807) is 0 Å². The molecule has 32 heavy (non-hydrogen) atoms. The number of halogens is 2. The Balaban J connectivity index is 1.59. The zero-order valence-corrected chi connectivity index (χ0v) is 20.3. The number of methoxy groups -OCH3 is 1. The fourth-order valence-electron chi connectivity index (χ4n) is 8.59. The summed E-state index contributed by atoms with van der Waals surface area (Å²) in [5.41, 5.74) is 7.53. The SMILES string of the molecule is COC(=O)C(F)(F)C[C@@H](C)[C@H]1CC[C@H]2C3CC=C4C[C@@](C)(O)CC[C@]4(C)[C@@]3(N)CC[C@]12C. The molecule has 0 aliphatic heterocycles. The number of nitrogens with two attached hydrogens (primary N) is 1. The molecule has 6 heteroatoms. The van der Waals surface area contributed by atoms with Gasteiger partial charge in [0, 0.05) is 17.4 Å². The van der Waals surface area contributed by atoms with Gasteiger partial charge in [-0.15, -0.1) is 0 Å². The molecule has 3 saturated carbocycles. The Morgan fingerprint density at radius 3 is 2.56 bits per heavy atom. The van der Waals surface area contributed by atoms with E-state index in [4.69, 9.17) is 5.73 Å². The number of carbonyl (C=O) groups excluding carboxylic acids is 1. The highest BCUT2D eigenvalue weighted by atomic mass is 19.3. The highest BCUT2D eigenvalue weighted by Crippen LogP contribution is 2.68. The summed E-state index contributed by atoms with van der Waals surface area (Å²) in [7, 11) is 1.02. The van der Waals surface area contributed by atoms with Crippen LogP contribution < -0.4 is 5.73 Å². The van der Waals surface area contributed by atoms with Crippen LogP contribution in [0.4, 0.5) is 8.78 Å². The molecule has 4 rings (SSSR count). The number of allylic oxidation sites excluding steroid dienone is 1. The molecule has 0 aromatic heterocycles. The summed E-state index contributed by atoms with van der Waals surface area (Å²) in [5.74, 6) is -4.25. The fraction of sp³-hybridized carbons (Fsp3) is 0.885. The number of rotatable bonds is 4. The van der Waals surface area contributed by atoms with Gasteiger partial charge in [0.15, 0.2) is 0 Å². The highest BCUT2D eigenvalue weighted by Gasteiger charge is 2.65. The van der Waals surface area contributed by atoms with Crippen molar-refractivity contribution in [1.82, 2.24) is 0 Å². The summed E-state index contributed by atoms with van der Waals surface area (Å²) in [4.78, 5) is 11.6. The molecule has 0 aromatic rings. The predicted octanol–water partition coefficient (Wildman–Crippen LogP) is 5.23. The molecular weight excluding hydrogens is 412 g/mol. The first-order valence-corrected chi connectivity index (χ1v) is 12.4. The third-order valence-corrected chi connectivity index (χ3v) is 10.5. The maximum atomic E-state index is 14.4. The lowest BCUT2D eigenvalue weighted by Gasteiger charge is -2.64. The minimum Gasteiger partial charge on any atom is -0.465 e. The van der Waals surface area contributed by atoms with Crippen molar-refractivity contribution in [2.24, 2.45) is 40.2 Å². The lowest BCUT2D eigenvalue weighted by atomic mass is 9.43. The smallest absolute Gasteiger partial charge is 0.376 e. The second-order valence-corrected chi connectivity index (χ2v) is 12.3. The van der Waals surface area contributed by atoms with Crippen molar-refractivity contribution < 1.29 is 23.4 Å². The summed E-state index contributed by atoms with van der Waals surface area (Å²) in [5, 5.41) is 10.7. The van der Waals surface area contributed by atoms with E-state index in [0.29, 0.717) is 18.3 Å². The van der Waals surface area contributed by atoms with Gasteiger partial charge in [0.25, 0.3) is 0 Å². The molecular formula is C26H41F2NO3. The van der Waals surface area contributed by atoms with Gasteiger partial charge in [0.05, 0.1) is 12.7 Å². The van der Waals surface area contributed by atoms with Gasteiger partial charge >= 0.3 is 11.9 Å². The van der Waals surface area contributed by atoms with Crippen molar-refractivity contribution in [1.29, 1.82) is 0 Å². The monoisotopic (exact) mass is 453 g/mol. The fourth-order valence-corrected chi connectivity index (χ4v) is 8.59. The molecule has 0 saturated heterocycles. The molecule has 0 bridgehead atoms. The van der Waals surface area contributed by atoms with Gasteiger partial charge in [-0.3, -0.25) is 0 Å². The topological polar surface area (TPSA) is 72.5 Å². The van der Waals surface area contributed by atoms with E-state index in [1.807, 2.05) is 13.8 Å². The Kier molecular flexibility index (Phi) is 5.65. The Hall–Kier alpha value is -1.01. The molecule has 0 aromatic carbocycles. The average molecular weight is 454 g/mol. The lowest BCUT2D eigenvalue weighted by molar-refractivity contribution is -0.172. The molecule has 4 nitrogen and oxygen atoms in total. The van der Waals surface area contributed by atoms with Crippen LogP contribution in [0.25, 0.3) is 0 Å². The van der Waals surface area contributed by atoms with Crippen LogP contribution in [0.3, 0.4) is 0 Å². The van der Waals surface area contributed by atoms with E-state index in [-0.39, 0.29) is 28.2 Å². The normalized spacial score (nSPS) is 47.0. The zero-order chi connectivity index (χ0) is 23.7. The van der Waals surface area contributed by atoms with Gasteiger partial charge in [-0.2, -0.15) is 8.78 Å². The van der Waals surface area contributed by atoms with E-state index < -0.39 is 23.9 Å². The molecule has 182 valence electrons. The van der Waals surface area contributed by atoms with Crippen molar-refractivity contribution in [2.45, 2.75) is 103 Å². The van der Waals surface area contributed by atoms with Crippen LogP contribution in [-0.2, 0) is 9.53 Å². The summed E-state index contributed by atoms with van der Waals surface area (Å²) in [6.45, 7) is 8.39. The number of esters is 1. The van der Waals surface area contributed by atoms with E-state index in [9.17, 15) is 18.7 Å². The van der Waals surface area contributed by atoms with Gasteiger partial charge in [-0.05, 0) is 87.4 Å². The van der Waals surface area contributed by atoms with Gasteiger partial charge in [0.1, 0.15) is 0 Å². The number of fused-ring (bicyclic) bond motifs is 5. The summed E-state index contributed by atoms with van der Waals surface area (Å²) < 4.78 is 33.1. The van der Waals surface area contributed by atoms with Crippen molar-refractivity contribution in [2.75, 3.05) is 7.11 Å². The largest absolute Gasteiger partial charge is 0.465 e. The molecule has 3 N–H and O–H groups in total. The van der Waals surface area contributed by atoms with Crippen molar-refractivity contribution in [3.05, 3.63) is 11.6 Å². The number of alkyl halides is 2. The second kappa shape index (κ2) is 7.49. The number of hydrogen-bond donors (Lipinski definition) is 2. The van der Waals surface area contributed by atoms with Crippen molar-refractivity contribution in [3.8, 4) is 0 Å². The van der Waals surface area contributed by atoms with E-state index >= 15 is 0 Å². The Labute approximate surface area is 191 Å². The number of hydrogen-bond acceptors (Lipinski definition) is 4. The van der Waals surface area contributed by atoms with Crippen LogP contribution in [-0.4, -0.2) is 35.2 Å². The third-order valence-electron chi connectivity index (χ3n) is 10.5. The van der Waals surface area contributed by atoms with E-state index in [1.165, 1.54) is 5.57 Å². The highest BCUT2D eigenvalue weighted by molar-refractivity contribution is 5.77. The first-order chi connectivity index (χ1) is 14.7.